The molecule has 3 rings (SSSR count). The van der Waals surface area contributed by atoms with Gasteiger partial charge in [-0.3, -0.25) is 4.79 Å². The maximum absolute atomic E-state index is 12.9. The molecule has 1 heterocycles. The first-order chi connectivity index (χ1) is 12.7. The fourth-order valence-corrected chi connectivity index (χ4v) is 5.50. The minimum Gasteiger partial charge on any atom is -0.301 e. The molecule has 1 aliphatic rings. The molecule has 0 unspecified atom stereocenters. The molecule has 0 saturated heterocycles. The van der Waals surface area contributed by atoms with Crippen LogP contribution in [0.5, 0.6) is 0 Å². The quantitative estimate of drug-likeness (QED) is 0.726. The third-order valence-corrected chi connectivity index (χ3v) is 8.56. The lowest BCUT2D eigenvalue weighted by atomic mass is 9.87. The Kier molecular flexibility index (Phi) is 5.93. The van der Waals surface area contributed by atoms with E-state index in [4.69, 9.17) is 11.6 Å². The summed E-state index contributed by atoms with van der Waals surface area (Å²) in [6, 6.07) is 5.83. The van der Waals surface area contributed by atoms with Crippen molar-refractivity contribution in [2.45, 2.75) is 61.5 Å². The van der Waals surface area contributed by atoms with Crippen LogP contribution in [0.4, 0.5) is 5.13 Å². The van der Waals surface area contributed by atoms with Crippen molar-refractivity contribution < 1.29 is 13.2 Å². The number of hydrogen-bond donors (Lipinski definition) is 1. The van der Waals surface area contributed by atoms with Crippen LogP contribution in [0, 0.1) is 0 Å². The minimum atomic E-state index is -3.88. The van der Waals surface area contributed by atoms with Gasteiger partial charge in [-0.25, -0.2) is 13.4 Å². The molecule has 8 heteroatoms. The number of benzene rings is 1. The van der Waals surface area contributed by atoms with Crippen LogP contribution in [0.3, 0.4) is 0 Å². The number of rotatable bonds is 5. The normalized spacial score (nSPS) is 16.3. The first kappa shape index (κ1) is 20.3. The molecule has 2 aromatic rings. The molecule has 0 bridgehead atoms. The third kappa shape index (κ3) is 4.20. The highest BCUT2D eigenvalue weighted by atomic mass is 35.5. The van der Waals surface area contributed by atoms with Crippen LogP contribution in [0.15, 0.2) is 34.5 Å². The number of nitrogens with one attached hydrogen (secondary N) is 1. The second-order valence-electron chi connectivity index (χ2n) is 7.33. The zero-order chi connectivity index (χ0) is 19.7. The third-order valence-electron chi connectivity index (χ3n) is 5.11. The van der Waals surface area contributed by atoms with Gasteiger partial charge >= 0.3 is 0 Å². The van der Waals surface area contributed by atoms with Crippen LogP contribution in [0.1, 0.15) is 57.6 Å². The molecular weight excluding hydrogens is 404 g/mol. The molecule has 146 valence electrons. The van der Waals surface area contributed by atoms with Crippen LogP contribution in [-0.2, 0) is 14.6 Å². The van der Waals surface area contributed by atoms with E-state index in [2.05, 4.69) is 10.3 Å². The molecule has 1 aliphatic carbocycles. The fraction of sp³-hybridized carbons (Fsp3) is 0.474. The maximum atomic E-state index is 12.9. The van der Waals surface area contributed by atoms with Crippen LogP contribution in [0.25, 0.3) is 0 Å². The Morgan fingerprint density at radius 1 is 1.19 bits per heavy atom. The van der Waals surface area contributed by atoms with Gasteiger partial charge < -0.3 is 5.32 Å². The summed E-state index contributed by atoms with van der Waals surface area (Å²) in [5.41, 5.74) is 0.994. The number of carbonyl (C=O) groups excluding carboxylic acids is 1. The summed E-state index contributed by atoms with van der Waals surface area (Å²) in [5, 5.41) is 5.54. The van der Waals surface area contributed by atoms with Crippen molar-refractivity contribution >= 4 is 43.8 Å². The number of aromatic nitrogens is 1. The van der Waals surface area contributed by atoms with Crippen molar-refractivity contribution in [1.82, 2.24) is 4.98 Å². The number of halogens is 1. The van der Waals surface area contributed by atoms with Crippen molar-refractivity contribution in [2.75, 3.05) is 5.32 Å². The Morgan fingerprint density at radius 2 is 1.81 bits per heavy atom. The van der Waals surface area contributed by atoms with Gasteiger partial charge in [-0.2, -0.15) is 0 Å². The van der Waals surface area contributed by atoms with Crippen LogP contribution in [0.2, 0.25) is 5.02 Å². The summed E-state index contributed by atoms with van der Waals surface area (Å²) in [6.45, 7) is 2.81. The molecule has 1 amide bonds. The number of carbonyl (C=O) groups is 1. The molecule has 1 aromatic heterocycles. The highest BCUT2D eigenvalue weighted by Gasteiger charge is 2.43. The molecule has 0 atom stereocenters. The first-order valence-electron chi connectivity index (χ1n) is 8.99. The first-order valence-corrected chi connectivity index (χ1v) is 11.7. The Balaban J connectivity index is 1.76. The Bertz CT molecular complexity index is 915. The summed E-state index contributed by atoms with van der Waals surface area (Å²) < 4.78 is 24.2. The minimum absolute atomic E-state index is 0.0640. The zero-order valence-electron chi connectivity index (χ0n) is 15.4. The van der Waals surface area contributed by atoms with Crippen molar-refractivity contribution in [3.63, 3.8) is 0 Å². The SMILES string of the molecule is CC(C)(C(=O)Nc1nc(C2CCCCC2)cs1)S(=O)(=O)c1ccc(Cl)cc1. The van der Waals surface area contributed by atoms with Crippen LogP contribution < -0.4 is 5.32 Å². The van der Waals surface area contributed by atoms with Crippen LogP contribution >= 0.6 is 22.9 Å². The largest absolute Gasteiger partial charge is 0.301 e. The fourth-order valence-electron chi connectivity index (χ4n) is 3.21. The lowest BCUT2D eigenvalue weighted by Gasteiger charge is -2.23. The predicted molar refractivity (Wildman–Crippen MR) is 109 cm³/mol. The number of amides is 1. The van der Waals surface area contributed by atoms with E-state index >= 15 is 0 Å². The van der Waals surface area contributed by atoms with Gasteiger partial charge in [-0.05, 0) is 51.0 Å². The molecular formula is C19H23ClN2O3S2. The number of sulfone groups is 1. The van der Waals surface area contributed by atoms with Crippen molar-refractivity contribution in [3.05, 3.63) is 40.4 Å². The van der Waals surface area contributed by atoms with E-state index in [1.807, 2.05) is 5.38 Å². The summed E-state index contributed by atoms with van der Waals surface area (Å²) in [7, 11) is -3.88. The van der Waals surface area contributed by atoms with Gasteiger partial charge in [0.1, 0.15) is 4.75 Å². The summed E-state index contributed by atoms with van der Waals surface area (Å²) in [6.07, 6.45) is 5.91. The molecule has 0 aliphatic heterocycles. The zero-order valence-corrected chi connectivity index (χ0v) is 17.8. The van der Waals surface area contributed by atoms with Gasteiger partial charge in [-0.15, -0.1) is 11.3 Å². The molecule has 0 spiro atoms. The average Bonchev–Trinajstić information content (AvgIpc) is 3.11. The second-order valence-corrected chi connectivity index (χ2v) is 11.1. The highest BCUT2D eigenvalue weighted by molar-refractivity contribution is 7.93. The van der Waals surface area contributed by atoms with E-state index in [9.17, 15) is 13.2 Å². The van der Waals surface area contributed by atoms with Crippen molar-refractivity contribution in [2.24, 2.45) is 0 Å². The smallest absolute Gasteiger partial charge is 0.247 e. The Morgan fingerprint density at radius 3 is 2.44 bits per heavy atom. The number of anilines is 1. The van der Waals surface area contributed by atoms with E-state index in [0.29, 0.717) is 16.1 Å². The molecule has 1 saturated carbocycles. The summed E-state index contributed by atoms with van der Waals surface area (Å²) in [5.74, 6) is -0.159. The Labute approximate surface area is 169 Å². The van der Waals surface area contributed by atoms with E-state index in [0.717, 1.165) is 18.5 Å². The van der Waals surface area contributed by atoms with E-state index in [-0.39, 0.29) is 4.90 Å². The summed E-state index contributed by atoms with van der Waals surface area (Å²) in [4.78, 5) is 17.3. The van der Waals surface area contributed by atoms with E-state index in [1.54, 1.807) is 0 Å². The molecule has 27 heavy (non-hydrogen) atoms. The lowest BCUT2D eigenvalue weighted by molar-refractivity contribution is -0.117. The standard InChI is InChI=1S/C19H23ClN2O3S2/c1-19(2,27(24,25)15-10-8-14(20)9-11-15)17(23)22-18-21-16(12-26-18)13-6-4-3-5-7-13/h8-13H,3-7H2,1-2H3,(H,21,22,23). The van der Waals surface area contributed by atoms with Crippen molar-refractivity contribution in [1.29, 1.82) is 0 Å². The summed E-state index contributed by atoms with van der Waals surface area (Å²) >= 11 is 7.17. The second kappa shape index (κ2) is 7.89. The molecule has 1 N–H and O–H groups in total. The highest BCUT2D eigenvalue weighted by Crippen LogP contribution is 2.34. The Hall–Kier alpha value is -1.44. The van der Waals surface area contributed by atoms with Gasteiger partial charge in [0.05, 0.1) is 10.6 Å². The molecule has 5 nitrogen and oxygen atoms in total. The number of nitrogens with zero attached hydrogens (tertiary/aromatic N) is 1. The van der Waals surface area contributed by atoms with Gasteiger partial charge in [0.25, 0.3) is 0 Å². The monoisotopic (exact) mass is 426 g/mol. The topological polar surface area (TPSA) is 76.1 Å². The van der Waals surface area contributed by atoms with Gasteiger partial charge in [0, 0.05) is 16.3 Å². The van der Waals surface area contributed by atoms with E-state index in [1.165, 1.54) is 68.7 Å². The number of hydrogen-bond acceptors (Lipinski definition) is 5. The van der Waals surface area contributed by atoms with Gasteiger partial charge in [0.15, 0.2) is 15.0 Å². The maximum Gasteiger partial charge on any atom is 0.247 e. The lowest BCUT2D eigenvalue weighted by Crippen LogP contribution is -2.44. The van der Waals surface area contributed by atoms with Crippen LogP contribution in [-0.4, -0.2) is 24.1 Å². The van der Waals surface area contributed by atoms with Gasteiger partial charge in [-0.1, -0.05) is 30.9 Å². The molecule has 0 radical (unpaired) electrons. The van der Waals surface area contributed by atoms with Crippen molar-refractivity contribution in [3.8, 4) is 0 Å². The number of thiazole rings is 1. The molecule has 1 aromatic carbocycles. The molecule has 1 fully saturated rings. The van der Waals surface area contributed by atoms with E-state index < -0.39 is 20.5 Å². The van der Waals surface area contributed by atoms with Gasteiger partial charge in [0.2, 0.25) is 5.91 Å². The predicted octanol–water partition coefficient (Wildman–Crippen LogP) is 5.04. The average molecular weight is 427 g/mol.